The van der Waals surface area contributed by atoms with E-state index in [0.717, 1.165) is 30.2 Å². The van der Waals surface area contributed by atoms with Crippen molar-refractivity contribution in [3.63, 3.8) is 0 Å². The Hall–Kier alpha value is -2.43. The van der Waals surface area contributed by atoms with E-state index < -0.39 is 0 Å². The Kier molecular flexibility index (Phi) is 4.15. The molecule has 0 spiro atoms. The fraction of sp³-hybridized carbons (Fsp3) is 0.235. The molecule has 1 aromatic carbocycles. The molecule has 1 aliphatic heterocycles. The third-order valence-electron chi connectivity index (χ3n) is 4.33. The van der Waals surface area contributed by atoms with Crippen molar-refractivity contribution in [2.45, 2.75) is 18.9 Å². The number of rotatable bonds is 3. The van der Waals surface area contributed by atoms with Crippen LogP contribution in [-0.4, -0.2) is 20.9 Å². The zero-order chi connectivity index (χ0) is 17.4. The number of nitriles is 1. The van der Waals surface area contributed by atoms with Crippen LogP contribution in [0.5, 0.6) is 0 Å². The second-order valence-corrected chi connectivity index (χ2v) is 6.89. The van der Waals surface area contributed by atoms with Crippen molar-refractivity contribution < 1.29 is 4.39 Å². The lowest BCUT2D eigenvalue weighted by Gasteiger charge is -2.23. The minimum Gasteiger partial charge on any atom is -0.351 e. The first-order chi connectivity index (χ1) is 12.2. The average Bonchev–Trinajstić information content (AvgIpc) is 3.33. The Bertz CT molecular complexity index is 960. The number of benzene rings is 1. The zero-order valence-electron chi connectivity index (χ0n) is 13.0. The van der Waals surface area contributed by atoms with Gasteiger partial charge >= 0.3 is 0 Å². The van der Waals surface area contributed by atoms with E-state index in [0.29, 0.717) is 16.8 Å². The molecule has 1 fully saturated rings. The number of aromatic nitrogens is 3. The van der Waals surface area contributed by atoms with E-state index in [1.165, 1.54) is 17.6 Å². The first-order valence-electron chi connectivity index (χ1n) is 7.80. The summed E-state index contributed by atoms with van der Waals surface area (Å²) in [5.41, 5.74) is 1.53. The van der Waals surface area contributed by atoms with Gasteiger partial charge in [0.25, 0.3) is 0 Å². The molecule has 0 unspecified atom stereocenters. The molecule has 0 aliphatic carbocycles. The zero-order valence-corrected chi connectivity index (χ0v) is 14.6. The fourth-order valence-corrected chi connectivity index (χ4v) is 4.28. The molecule has 2 aromatic heterocycles. The molecule has 0 amide bonds. The molecule has 1 N–H and O–H groups in total. The molecule has 0 bridgehead atoms. The first-order valence-corrected chi connectivity index (χ1v) is 8.96. The van der Waals surface area contributed by atoms with Crippen LogP contribution in [0.2, 0.25) is 5.15 Å². The Balaban J connectivity index is 1.68. The average molecular weight is 374 g/mol. The fourth-order valence-electron chi connectivity index (χ4n) is 3.17. The van der Waals surface area contributed by atoms with Gasteiger partial charge in [-0.25, -0.2) is 9.37 Å². The minimum atomic E-state index is -0.290. The maximum Gasteiger partial charge on any atom is 0.162 e. The summed E-state index contributed by atoms with van der Waals surface area (Å²) in [4.78, 5) is 9.79. The van der Waals surface area contributed by atoms with E-state index in [1.54, 1.807) is 24.4 Å². The van der Waals surface area contributed by atoms with E-state index in [2.05, 4.69) is 25.3 Å². The lowest BCUT2D eigenvalue weighted by molar-refractivity contribution is 0.630. The lowest BCUT2D eigenvalue weighted by atomic mass is 10.1. The molecule has 3 aromatic rings. The van der Waals surface area contributed by atoms with Crippen molar-refractivity contribution in [1.29, 1.82) is 5.26 Å². The number of hydrogen-bond acceptors (Lipinski definition) is 5. The SMILES string of the molecule is N#Cc1c(Cl)nsc1N1CCC[C@H]1c1ncc(-c2ccccc2F)[nH]1. The molecule has 3 heterocycles. The Morgan fingerprint density at radius 1 is 1.40 bits per heavy atom. The number of H-pyrrole nitrogens is 1. The van der Waals surface area contributed by atoms with Gasteiger partial charge in [-0.05, 0) is 36.5 Å². The Labute approximate surface area is 152 Å². The summed E-state index contributed by atoms with van der Waals surface area (Å²) >= 11 is 7.23. The number of nitrogens with one attached hydrogen (secondary N) is 1. The third kappa shape index (κ3) is 2.77. The van der Waals surface area contributed by atoms with Crippen LogP contribution in [0.15, 0.2) is 30.5 Å². The van der Waals surface area contributed by atoms with Gasteiger partial charge in [-0.3, -0.25) is 0 Å². The number of halogens is 2. The summed E-state index contributed by atoms with van der Waals surface area (Å²) in [5.74, 6) is 0.464. The molecule has 5 nitrogen and oxygen atoms in total. The number of imidazole rings is 1. The summed E-state index contributed by atoms with van der Waals surface area (Å²) < 4.78 is 18.1. The van der Waals surface area contributed by atoms with Gasteiger partial charge in [0.15, 0.2) is 5.15 Å². The van der Waals surface area contributed by atoms with Gasteiger partial charge in [-0.2, -0.15) is 9.64 Å². The van der Waals surface area contributed by atoms with Gasteiger partial charge in [-0.1, -0.05) is 23.7 Å². The third-order valence-corrected chi connectivity index (χ3v) is 5.59. The summed E-state index contributed by atoms with van der Waals surface area (Å²) in [6.45, 7) is 0.799. The molecule has 0 saturated carbocycles. The van der Waals surface area contributed by atoms with Crippen LogP contribution in [0.1, 0.15) is 30.3 Å². The second kappa shape index (κ2) is 6.47. The molecule has 1 atom stereocenters. The molecule has 0 radical (unpaired) electrons. The van der Waals surface area contributed by atoms with Crippen molar-refractivity contribution in [3.05, 3.63) is 52.8 Å². The molecule has 126 valence electrons. The molecule has 1 saturated heterocycles. The van der Waals surface area contributed by atoms with Crippen LogP contribution in [0, 0.1) is 17.1 Å². The smallest absolute Gasteiger partial charge is 0.162 e. The van der Waals surface area contributed by atoms with E-state index >= 15 is 0 Å². The van der Waals surface area contributed by atoms with Crippen LogP contribution < -0.4 is 4.90 Å². The predicted octanol–water partition coefficient (Wildman–Crippen LogP) is 4.54. The summed E-state index contributed by atoms with van der Waals surface area (Å²) in [5, 5.41) is 10.3. The Morgan fingerprint density at radius 3 is 3.04 bits per heavy atom. The van der Waals surface area contributed by atoms with Gasteiger partial charge in [0, 0.05) is 12.1 Å². The van der Waals surface area contributed by atoms with Crippen LogP contribution >= 0.6 is 23.1 Å². The molecule has 4 rings (SSSR count). The first kappa shape index (κ1) is 16.1. The number of hydrogen-bond donors (Lipinski definition) is 1. The molecular formula is C17H13ClFN5S. The maximum absolute atomic E-state index is 14.0. The molecule has 8 heteroatoms. The maximum atomic E-state index is 14.0. The molecule has 25 heavy (non-hydrogen) atoms. The van der Waals surface area contributed by atoms with Crippen LogP contribution in [0.25, 0.3) is 11.3 Å². The monoisotopic (exact) mass is 373 g/mol. The highest BCUT2D eigenvalue weighted by molar-refractivity contribution is 7.10. The quantitative estimate of drug-likeness (QED) is 0.731. The van der Waals surface area contributed by atoms with Crippen molar-refractivity contribution in [2.24, 2.45) is 0 Å². The molecule has 1 aliphatic rings. The van der Waals surface area contributed by atoms with Gasteiger partial charge < -0.3 is 9.88 Å². The van der Waals surface area contributed by atoms with Crippen LogP contribution in [0.4, 0.5) is 9.39 Å². The highest BCUT2D eigenvalue weighted by Gasteiger charge is 2.32. The highest BCUT2D eigenvalue weighted by Crippen LogP contribution is 2.41. The normalized spacial score (nSPS) is 17.0. The minimum absolute atomic E-state index is 0.0101. The van der Waals surface area contributed by atoms with Crippen molar-refractivity contribution in [1.82, 2.24) is 14.3 Å². The summed E-state index contributed by atoms with van der Waals surface area (Å²) in [6.07, 6.45) is 3.51. The largest absolute Gasteiger partial charge is 0.351 e. The van der Waals surface area contributed by atoms with Crippen LogP contribution in [-0.2, 0) is 0 Å². The summed E-state index contributed by atoms with van der Waals surface area (Å²) in [6, 6.07) is 8.71. The Morgan fingerprint density at radius 2 is 2.24 bits per heavy atom. The predicted molar refractivity (Wildman–Crippen MR) is 95.1 cm³/mol. The topological polar surface area (TPSA) is 68.6 Å². The van der Waals surface area contributed by atoms with Crippen LogP contribution in [0.3, 0.4) is 0 Å². The van der Waals surface area contributed by atoms with E-state index in [-0.39, 0.29) is 17.0 Å². The number of aromatic amines is 1. The highest BCUT2D eigenvalue weighted by atomic mass is 35.5. The van der Waals surface area contributed by atoms with Crippen molar-refractivity contribution in [3.8, 4) is 17.3 Å². The molecular weight excluding hydrogens is 361 g/mol. The van der Waals surface area contributed by atoms with Gasteiger partial charge in [-0.15, -0.1) is 0 Å². The second-order valence-electron chi connectivity index (χ2n) is 5.78. The number of nitrogens with zero attached hydrogens (tertiary/aromatic N) is 4. The van der Waals surface area contributed by atoms with Gasteiger partial charge in [0.2, 0.25) is 0 Å². The summed E-state index contributed by atoms with van der Waals surface area (Å²) in [7, 11) is 0. The van der Waals surface area contributed by atoms with Crippen molar-refractivity contribution >= 4 is 28.1 Å². The van der Waals surface area contributed by atoms with E-state index in [9.17, 15) is 9.65 Å². The van der Waals surface area contributed by atoms with E-state index in [4.69, 9.17) is 11.6 Å². The lowest BCUT2D eigenvalue weighted by Crippen LogP contribution is -2.23. The standard InChI is InChI=1S/C17H13ClFN5S/c18-15-11(8-20)17(25-23-15)24-7-3-6-14(24)16-21-9-13(22-16)10-4-1-2-5-12(10)19/h1-2,4-5,9,14H,3,6-7H2,(H,21,22)/t14-/m0/s1. The van der Waals surface area contributed by atoms with Gasteiger partial charge in [0.05, 0.1) is 17.9 Å². The van der Waals surface area contributed by atoms with E-state index in [1.807, 2.05) is 0 Å². The number of anilines is 1. The van der Waals surface area contributed by atoms with Crippen molar-refractivity contribution in [2.75, 3.05) is 11.4 Å². The van der Waals surface area contributed by atoms with Gasteiger partial charge in [0.1, 0.15) is 28.3 Å².